The summed E-state index contributed by atoms with van der Waals surface area (Å²) in [6.07, 6.45) is -0.149. The Bertz CT molecular complexity index is 304. The Kier molecular flexibility index (Phi) is 15.0. The van der Waals surface area contributed by atoms with E-state index in [4.69, 9.17) is 15.1 Å². The minimum atomic E-state index is -0.651. The van der Waals surface area contributed by atoms with Crippen LogP contribution >= 0.6 is 0 Å². The number of carbonyl (C=O) groups excluding carboxylic acids is 1. The van der Waals surface area contributed by atoms with Gasteiger partial charge in [-0.2, -0.15) is 0 Å². The molecular weight excluding hydrogens is 246 g/mol. The average molecular weight is 271 g/mol. The number of hydrogen-bond donors (Lipinski definition) is 3. The molecule has 0 radical (unpaired) electrons. The van der Waals surface area contributed by atoms with E-state index in [-0.39, 0.29) is 6.61 Å². The van der Waals surface area contributed by atoms with E-state index in [9.17, 15) is 4.79 Å². The number of nitrogens with one attached hydrogen (secondary N) is 1. The Balaban J connectivity index is 0. The van der Waals surface area contributed by atoms with Crippen molar-refractivity contribution >= 4 is 5.91 Å². The second-order valence-corrected chi connectivity index (χ2v) is 3.12. The molecule has 1 amide bonds. The van der Waals surface area contributed by atoms with Crippen molar-refractivity contribution in [2.75, 3.05) is 6.61 Å². The number of para-hydroxylation sites is 1. The number of carbonyl (C=O) groups is 1. The van der Waals surface area contributed by atoms with Crippen molar-refractivity contribution in [2.45, 2.75) is 40.2 Å². The first-order valence-electron chi connectivity index (χ1n) is 6.46. The number of benzene rings is 1. The Hall–Kier alpha value is -1.59. The molecule has 5 nitrogen and oxygen atoms in total. The summed E-state index contributed by atoms with van der Waals surface area (Å²) in [5, 5.41) is 16.0. The lowest BCUT2D eigenvalue weighted by atomic mass is 10.2. The predicted molar refractivity (Wildman–Crippen MR) is 75.2 cm³/mol. The van der Waals surface area contributed by atoms with E-state index in [2.05, 4.69) is 0 Å². The highest BCUT2D eigenvalue weighted by Crippen LogP contribution is 2.12. The average Bonchev–Trinajstić information content (AvgIpc) is 2.48. The van der Waals surface area contributed by atoms with Gasteiger partial charge in [-0.25, -0.2) is 5.48 Å². The summed E-state index contributed by atoms with van der Waals surface area (Å²) in [4.78, 5) is 11.1. The van der Waals surface area contributed by atoms with E-state index in [1.165, 1.54) is 0 Å². The lowest BCUT2D eigenvalue weighted by molar-refractivity contribution is -0.136. The molecule has 1 rings (SSSR count). The quantitative estimate of drug-likeness (QED) is 0.580. The molecule has 110 valence electrons. The van der Waals surface area contributed by atoms with Gasteiger partial charge >= 0.3 is 0 Å². The molecule has 0 aliphatic rings. The van der Waals surface area contributed by atoms with Crippen LogP contribution in [0.2, 0.25) is 0 Å². The Morgan fingerprint density at radius 2 is 1.74 bits per heavy atom. The van der Waals surface area contributed by atoms with Crippen LogP contribution in [0.1, 0.15) is 34.1 Å². The number of hydroxylamine groups is 1. The second-order valence-electron chi connectivity index (χ2n) is 3.12. The van der Waals surface area contributed by atoms with Crippen LogP contribution < -0.4 is 10.2 Å². The van der Waals surface area contributed by atoms with E-state index in [0.29, 0.717) is 12.2 Å². The van der Waals surface area contributed by atoms with E-state index in [1.807, 2.05) is 39.0 Å². The Morgan fingerprint density at radius 3 is 2.11 bits per heavy atom. The molecule has 1 aromatic rings. The molecule has 0 fully saturated rings. The van der Waals surface area contributed by atoms with Crippen molar-refractivity contribution in [1.29, 1.82) is 0 Å². The van der Waals surface area contributed by atoms with Crippen molar-refractivity contribution in [2.24, 2.45) is 0 Å². The second kappa shape index (κ2) is 14.5. The summed E-state index contributed by atoms with van der Waals surface area (Å²) in [6, 6.07) is 9.01. The molecule has 0 spiro atoms. The topological polar surface area (TPSA) is 78.8 Å². The molecule has 5 heteroatoms. The standard InChI is InChI=1S/C10H13NO3.C2H6O.C2H6/c1-2-9(10(12)11-13)14-8-6-4-3-5-7-8;1-2-3;1-2/h3-7,9,13H,2H2,1H3,(H,11,12);3H,2H2,1H3;1-2H3. The third kappa shape index (κ3) is 10.1. The number of aliphatic hydroxyl groups is 1. The number of amides is 1. The van der Waals surface area contributed by atoms with Gasteiger partial charge in [0.15, 0.2) is 6.10 Å². The molecule has 1 atom stereocenters. The maximum atomic E-state index is 11.1. The van der Waals surface area contributed by atoms with E-state index in [0.717, 1.165) is 0 Å². The van der Waals surface area contributed by atoms with Gasteiger partial charge in [-0.3, -0.25) is 10.0 Å². The summed E-state index contributed by atoms with van der Waals surface area (Å²) < 4.78 is 5.34. The molecule has 0 saturated heterocycles. The summed E-state index contributed by atoms with van der Waals surface area (Å²) in [7, 11) is 0. The van der Waals surface area contributed by atoms with Crippen LogP contribution in [0.15, 0.2) is 30.3 Å². The maximum Gasteiger partial charge on any atom is 0.284 e. The molecule has 0 aliphatic carbocycles. The van der Waals surface area contributed by atoms with Crippen molar-refractivity contribution in [3.63, 3.8) is 0 Å². The molecule has 0 aliphatic heterocycles. The van der Waals surface area contributed by atoms with Crippen molar-refractivity contribution < 1.29 is 19.8 Å². The van der Waals surface area contributed by atoms with Crippen molar-refractivity contribution in [1.82, 2.24) is 5.48 Å². The highest BCUT2D eigenvalue weighted by atomic mass is 16.5. The van der Waals surface area contributed by atoms with Crippen LogP contribution in [0.4, 0.5) is 0 Å². The smallest absolute Gasteiger partial charge is 0.284 e. The monoisotopic (exact) mass is 271 g/mol. The first-order chi connectivity index (χ1) is 9.19. The summed E-state index contributed by atoms with van der Waals surface area (Å²) in [5.74, 6) is 0.0827. The molecular formula is C14H25NO4. The summed E-state index contributed by atoms with van der Waals surface area (Å²) >= 11 is 0. The van der Waals surface area contributed by atoms with Gasteiger partial charge in [-0.05, 0) is 25.5 Å². The van der Waals surface area contributed by atoms with Crippen molar-refractivity contribution in [3.05, 3.63) is 30.3 Å². The minimum absolute atomic E-state index is 0.250. The molecule has 1 unspecified atom stereocenters. The van der Waals surface area contributed by atoms with Gasteiger partial charge in [0.05, 0.1) is 0 Å². The lowest BCUT2D eigenvalue weighted by Crippen LogP contribution is -2.36. The number of ether oxygens (including phenoxy) is 1. The van der Waals surface area contributed by atoms with Gasteiger partial charge in [-0.1, -0.05) is 39.0 Å². The van der Waals surface area contributed by atoms with Crippen LogP contribution in [0.25, 0.3) is 0 Å². The first kappa shape index (κ1) is 19.7. The fourth-order valence-electron chi connectivity index (χ4n) is 1.06. The van der Waals surface area contributed by atoms with Gasteiger partial charge < -0.3 is 9.84 Å². The van der Waals surface area contributed by atoms with E-state index < -0.39 is 12.0 Å². The third-order valence-electron chi connectivity index (χ3n) is 1.79. The van der Waals surface area contributed by atoms with Crippen LogP contribution in [0.3, 0.4) is 0 Å². The fourth-order valence-corrected chi connectivity index (χ4v) is 1.06. The molecule has 19 heavy (non-hydrogen) atoms. The predicted octanol–water partition coefficient (Wildman–Crippen LogP) is 2.37. The molecule has 3 N–H and O–H groups in total. The number of rotatable bonds is 4. The van der Waals surface area contributed by atoms with Crippen LogP contribution in [0.5, 0.6) is 5.75 Å². The Labute approximate surface area is 115 Å². The molecule has 0 aromatic heterocycles. The van der Waals surface area contributed by atoms with Crippen LogP contribution in [-0.4, -0.2) is 28.9 Å². The highest BCUT2D eigenvalue weighted by molar-refractivity contribution is 5.79. The Morgan fingerprint density at radius 1 is 1.26 bits per heavy atom. The van der Waals surface area contributed by atoms with Gasteiger partial charge in [0.1, 0.15) is 5.75 Å². The lowest BCUT2D eigenvalue weighted by Gasteiger charge is -2.14. The zero-order valence-corrected chi connectivity index (χ0v) is 12.1. The number of aliphatic hydroxyl groups excluding tert-OH is 1. The maximum absolute atomic E-state index is 11.1. The zero-order valence-electron chi connectivity index (χ0n) is 12.1. The zero-order chi connectivity index (χ0) is 15.1. The van der Waals surface area contributed by atoms with E-state index >= 15 is 0 Å². The summed E-state index contributed by atoms with van der Waals surface area (Å²) in [6.45, 7) is 7.74. The van der Waals surface area contributed by atoms with Gasteiger partial charge in [-0.15, -0.1) is 0 Å². The third-order valence-corrected chi connectivity index (χ3v) is 1.79. The van der Waals surface area contributed by atoms with Gasteiger partial charge in [0.25, 0.3) is 5.91 Å². The molecule has 0 heterocycles. The minimum Gasteiger partial charge on any atom is -0.481 e. The highest BCUT2D eigenvalue weighted by Gasteiger charge is 2.16. The summed E-state index contributed by atoms with van der Waals surface area (Å²) in [5.41, 5.74) is 1.57. The molecule has 0 saturated carbocycles. The van der Waals surface area contributed by atoms with Gasteiger partial charge in [0.2, 0.25) is 0 Å². The SMILES string of the molecule is CC.CCC(Oc1ccccc1)C(=O)NO.CCO. The van der Waals surface area contributed by atoms with Crippen molar-refractivity contribution in [3.8, 4) is 5.75 Å². The number of hydrogen-bond acceptors (Lipinski definition) is 4. The van der Waals surface area contributed by atoms with Crippen LogP contribution in [-0.2, 0) is 4.79 Å². The van der Waals surface area contributed by atoms with Crippen LogP contribution in [0, 0.1) is 0 Å². The first-order valence-corrected chi connectivity index (χ1v) is 6.46. The van der Waals surface area contributed by atoms with Gasteiger partial charge in [0, 0.05) is 6.61 Å². The molecule has 0 bridgehead atoms. The largest absolute Gasteiger partial charge is 0.481 e. The molecule has 1 aromatic carbocycles. The normalized spacial score (nSPS) is 10.0. The van der Waals surface area contributed by atoms with E-state index in [1.54, 1.807) is 24.5 Å². The fraction of sp³-hybridized carbons (Fsp3) is 0.500.